The number of nitrogens with zero attached hydrogens (tertiary/aromatic N) is 8. The predicted molar refractivity (Wildman–Crippen MR) is 450 cm³/mol. The van der Waals surface area contributed by atoms with Crippen molar-refractivity contribution in [1.29, 1.82) is 0 Å². The van der Waals surface area contributed by atoms with E-state index in [1.165, 1.54) is 65.2 Å². The summed E-state index contributed by atoms with van der Waals surface area (Å²) in [4.78, 5) is 11.1. The lowest BCUT2D eigenvalue weighted by Gasteiger charge is -2.20. The van der Waals surface area contributed by atoms with Crippen LogP contribution in [0.3, 0.4) is 0 Å². The molecule has 0 amide bonds. The number of hydrogen-bond acceptors (Lipinski definition) is 2. The summed E-state index contributed by atoms with van der Waals surface area (Å²) in [6, 6.07) is 138. The molecule has 0 bridgehead atoms. The number of benzene rings is 16. The van der Waals surface area contributed by atoms with Crippen LogP contribution in [-0.4, -0.2) is 37.4 Å². The summed E-state index contributed by atoms with van der Waals surface area (Å²) in [5, 5.41) is 14.3. The molecule has 0 radical (unpaired) electrons. The Morgan fingerprint density at radius 2 is 0.417 bits per heavy atom. The SMILES string of the molecule is c1ccc(-c2cc(-c3ccccc3)nc(-c3ccc(-c4ccccc4-n4c5ccc(-n6c7ccccc7c7ccccc76)cc5c5cc(-n6c7ccccc7c7ccccc76)ccc54)c(-n4c5ccc(-n6c7ccccc7c7ccccc76)cc5c5cc(-n6c7ccccc7c7ccccc76)ccc54)c3)n2)cc1. The van der Waals surface area contributed by atoms with Gasteiger partial charge in [0.2, 0.25) is 0 Å². The van der Waals surface area contributed by atoms with Crippen molar-refractivity contribution in [3.05, 3.63) is 376 Å². The molecule has 0 unspecified atom stereocenters. The molecule has 0 spiro atoms. The van der Waals surface area contributed by atoms with Crippen LogP contribution in [-0.2, 0) is 0 Å². The van der Waals surface area contributed by atoms with Gasteiger partial charge in [0, 0.05) is 115 Å². The van der Waals surface area contributed by atoms with E-state index >= 15 is 0 Å². The molecule has 108 heavy (non-hydrogen) atoms. The van der Waals surface area contributed by atoms with Crippen LogP contribution in [0.4, 0.5) is 0 Å². The monoisotopic (exact) mass is 1370 g/mol. The predicted octanol–water partition coefficient (Wildman–Crippen LogP) is 25.7. The third kappa shape index (κ3) is 8.92. The summed E-state index contributed by atoms with van der Waals surface area (Å²) in [5.41, 5.74) is 26.6. The first-order valence-electron chi connectivity index (χ1n) is 37.0. The first kappa shape index (κ1) is 59.9. The van der Waals surface area contributed by atoms with Crippen molar-refractivity contribution in [3.63, 3.8) is 0 Å². The summed E-state index contributed by atoms with van der Waals surface area (Å²) in [6.07, 6.45) is 0. The Labute approximate surface area is 619 Å². The molecular formula is C100H62N8. The van der Waals surface area contributed by atoms with E-state index in [0.29, 0.717) is 5.82 Å². The van der Waals surface area contributed by atoms with Crippen LogP contribution < -0.4 is 0 Å². The van der Waals surface area contributed by atoms with Crippen molar-refractivity contribution < 1.29 is 0 Å². The minimum atomic E-state index is 0.625. The molecule has 8 heteroatoms. The Balaban J connectivity index is 0.812. The van der Waals surface area contributed by atoms with Crippen LogP contribution in [0.1, 0.15) is 0 Å². The van der Waals surface area contributed by atoms with Crippen LogP contribution in [0.15, 0.2) is 376 Å². The zero-order valence-corrected chi connectivity index (χ0v) is 58.4. The molecule has 0 fully saturated rings. The van der Waals surface area contributed by atoms with Crippen LogP contribution >= 0.6 is 0 Å². The van der Waals surface area contributed by atoms with Crippen molar-refractivity contribution in [2.45, 2.75) is 0 Å². The molecule has 7 heterocycles. The van der Waals surface area contributed by atoms with Gasteiger partial charge in [-0.2, -0.15) is 0 Å². The third-order valence-electron chi connectivity index (χ3n) is 22.6. The van der Waals surface area contributed by atoms with Crippen LogP contribution in [0.2, 0.25) is 0 Å². The van der Waals surface area contributed by atoms with Gasteiger partial charge in [-0.15, -0.1) is 0 Å². The van der Waals surface area contributed by atoms with Gasteiger partial charge in [-0.25, -0.2) is 9.97 Å². The Kier molecular flexibility index (Phi) is 13.0. The minimum absolute atomic E-state index is 0.625. The van der Waals surface area contributed by atoms with Gasteiger partial charge in [0.1, 0.15) is 0 Å². The third-order valence-corrected chi connectivity index (χ3v) is 22.6. The maximum atomic E-state index is 5.54. The number of para-hydroxylation sites is 9. The van der Waals surface area contributed by atoms with E-state index in [4.69, 9.17) is 9.97 Å². The van der Waals surface area contributed by atoms with Gasteiger partial charge < -0.3 is 27.4 Å². The Bertz CT molecular complexity index is 7070. The molecule has 23 rings (SSSR count). The Morgan fingerprint density at radius 3 is 0.741 bits per heavy atom. The molecule has 0 saturated carbocycles. The minimum Gasteiger partial charge on any atom is -0.309 e. The molecule has 23 aromatic rings. The van der Waals surface area contributed by atoms with E-state index in [-0.39, 0.29) is 0 Å². The highest BCUT2D eigenvalue weighted by atomic mass is 15.0. The van der Waals surface area contributed by atoms with E-state index in [2.05, 4.69) is 404 Å². The summed E-state index contributed by atoms with van der Waals surface area (Å²) >= 11 is 0. The molecular weight excluding hydrogens is 1310 g/mol. The first-order chi connectivity index (χ1) is 53.6. The van der Waals surface area contributed by atoms with Gasteiger partial charge in [0.15, 0.2) is 5.82 Å². The fourth-order valence-corrected chi connectivity index (χ4v) is 17.9. The maximum Gasteiger partial charge on any atom is 0.160 e. The van der Waals surface area contributed by atoms with Gasteiger partial charge >= 0.3 is 0 Å². The Morgan fingerprint density at radius 1 is 0.157 bits per heavy atom. The summed E-state index contributed by atoms with van der Waals surface area (Å²) < 4.78 is 14.8. The highest BCUT2D eigenvalue weighted by Gasteiger charge is 2.26. The van der Waals surface area contributed by atoms with Crippen molar-refractivity contribution in [2.75, 3.05) is 0 Å². The van der Waals surface area contributed by atoms with Gasteiger partial charge in [-0.05, 0) is 140 Å². The van der Waals surface area contributed by atoms with Gasteiger partial charge in [0.25, 0.3) is 0 Å². The lowest BCUT2D eigenvalue weighted by Crippen LogP contribution is -2.03. The van der Waals surface area contributed by atoms with E-state index in [0.717, 1.165) is 139 Å². The van der Waals surface area contributed by atoms with E-state index in [1.807, 2.05) is 0 Å². The zero-order valence-electron chi connectivity index (χ0n) is 58.4. The smallest absolute Gasteiger partial charge is 0.160 e. The van der Waals surface area contributed by atoms with Crippen molar-refractivity contribution in [1.82, 2.24) is 37.4 Å². The topological polar surface area (TPSA) is 55.4 Å². The van der Waals surface area contributed by atoms with Gasteiger partial charge in [0.05, 0.1) is 89.0 Å². The maximum absolute atomic E-state index is 5.54. The second-order valence-electron chi connectivity index (χ2n) is 28.4. The standard InChI is InChI=1S/C100H62N8/c1-3-25-63(26-4-1)84-62-85(64-27-5-2-6-28-64)102-100(101-84)65-47-52-79(99(57-65)108-97-55-50-68(105-90-42-20-11-33-74(90)75-34-12-21-43-91(75)105)60-82(97)83-61-69(51-56-98(83)108)106-92-44-22-13-35-76(92)77-36-14-23-45-93(77)106)78-37-15-24-46-94(78)107-95-53-48-66(103-86-38-16-7-29-70(86)71-30-8-17-39-87(71)103)58-80(95)81-59-67(49-54-96(81)107)104-88-40-18-9-31-72(88)73-32-10-19-41-89(73)104/h1-62H. The quantitative estimate of drug-likeness (QED) is 0.137. The molecule has 0 saturated heterocycles. The molecule has 0 aliphatic rings. The van der Waals surface area contributed by atoms with Crippen molar-refractivity contribution >= 4 is 131 Å². The lowest BCUT2D eigenvalue weighted by atomic mass is 9.98. The largest absolute Gasteiger partial charge is 0.309 e. The van der Waals surface area contributed by atoms with E-state index in [1.54, 1.807) is 0 Å². The second kappa shape index (κ2) is 23.5. The number of fused-ring (bicyclic) bond motifs is 18. The van der Waals surface area contributed by atoms with Gasteiger partial charge in [-0.3, -0.25) is 0 Å². The lowest BCUT2D eigenvalue weighted by molar-refractivity contribution is 1.14. The average Bonchev–Trinajstić information content (AvgIpc) is 1.58. The van der Waals surface area contributed by atoms with Crippen molar-refractivity contribution in [2.24, 2.45) is 0 Å². The molecule has 8 nitrogen and oxygen atoms in total. The summed E-state index contributed by atoms with van der Waals surface area (Å²) in [5.74, 6) is 0.625. The molecule has 0 aliphatic heterocycles. The van der Waals surface area contributed by atoms with Crippen LogP contribution in [0.5, 0.6) is 0 Å². The molecule has 0 aliphatic carbocycles. The van der Waals surface area contributed by atoms with Gasteiger partial charge in [-0.1, -0.05) is 237 Å². The highest BCUT2D eigenvalue weighted by Crippen LogP contribution is 2.47. The molecule has 502 valence electrons. The van der Waals surface area contributed by atoms with E-state index < -0.39 is 0 Å². The second-order valence-corrected chi connectivity index (χ2v) is 28.4. The van der Waals surface area contributed by atoms with E-state index in [9.17, 15) is 0 Å². The number of hydrogen-bond donors (Lipinski definition) is 0. The molecule has 16 aromatic carbocycles. The summed E-state index contributed by atoms with van der Waals surface area (Å²) in [6.45, 7) is 0. The fraction of sp³-hybridized carbons (Fsp3) is 0. The van der Waals surface area contributed by atoms with Crippen LogP contribution in [0.25, 0.3) is 210 Å². The zero-order chi connectivity index (χ0) is 70.7. The normalized spacial score (nSPS) is 12.1. The molecule has 0 N–H and O–H groups in total. The molecule has 7 aromatic heterocycles. The highest BCUT2D eigenvalue weighted by molar-refractivity contribution is 6.17. The fourth-order valence-electron chi connectivity index (χ4n) is 17.9. The van der Waals surface area contributed by atoms with Crippen molar-refractivity contribution in [3.8, 4) is 79.2 Å². The number of rotatable bonds is 10. The van der Waals surface area contributed by atoms with Crippen LogP contribution in [0, 0.1) is 0 Å². The first-order valence-corrected chi connectivity index (χ1v) is 37.0. The molecule has 0 atom stereocenters. The summed E-state index contributed by atoms with van der Waals surface area (Å²) in [7, 11) is 0. The number of aromatic nitrogens is 8. The Hall–Kier alpha value is -14.6. The average molecular weight is 1380 g/mol.